The Balaban J connectivity index is 1.45. The summed E-state index contributed by atoms with van der Waals surface area (Å²) in [5.74, 6) is -1.23. The standard InChI is InChI=1S/C26H34N8O4S/c1-16-13-34-22(29-24(16)33-11-9-19(27)14-33)12-21(31-34)17(2)32(3)25(36)26(30-23(35)15-39(28,37)38)10-8-18-6-4-5-7-20(18)26/h4-7,12-13,17,19H,8-11,14-15,27H2,1-3H3,(H,30,35)(H2,28,37,38)/t17-,19-,26?/m0/s1. The number of hydrogen-bond acceptors (Lipinski definition) is 8. The smallest absolute Gasteiger partial charge is 0.253 e. The van der Waals surface area contributed by atoms with Gasteiger partial charge >= 0.3 is 0 Å². The molecule has 0 saturated carbocycles. The van der Waals surface area contributed by atoms with Crippen LogP contribution in [0.5, 0.6) is 0 Å². The van der Waals surface area contributed by atoms with Crippen molar-refractivity contribution in [3.05, 3.63) is 58.9 Å². The Bertz CT molecular complexity index is 1550. The Morgan fingerprint density at radius 1 is 1.31 bits per heavy atom. The largest absolute Gasteiger partial charge is 0.355 e. The van der Waals surface area contributed by atoms with Crippen molar-refractivity contribution in [2.75, 3.05) is 30.8 Å². The van der Waals surface area contributed by atoms with E-state index in [4.69, 9.17) is 21.0 Å². The highest BCUT2D eigenvalue weighted by atomic mass is 32.2. The topological polar surface area (TPSA) is 169 Å². The van der Waals surface area contributed by atoms with Crippen LogP contribution in [-0.4, -0.2) is 71.7 Å². The molecule has 3 atom stereocenters. The van der Waals surface area contributed by atoms with Gasteiger partial charge in [0.15, 0.2) is 5.65 Å². The molecule has 1 aromatic carbocycles. The fraction of sp³-hybridized carbons (Fsp3) is 0.462. The quantitative estimate of drug-likeness (QED) is 0.376. The zero-order valence-electron chi connectivity index (χ0n) is 22.3. The third-order valence-electron chi connectivity index (χ3n) is 7.77. The first kappa shape index (κ1) is 27.0. The van der Waals surface area contributed by atoms with Crippen LogP contribution < -0.4 is 21.1 Å². The van der Waals surface area contributed by atoms with E-state index in [1.165, 1.54) is 4.90 Å². The van der Waals surface area contributed by atoms with Gasteiger partial charge in [0.25, 0.3) is 5.91 Å². The minimum absolute atomic E-state index is 0.126. The third-order valence-corrected chi connectivity index (χ3v) is 8.44. The number of amides is 2. The molecule has 5 N–H and O–H groups in total. The van der Waals surface area contributed by atoms with Gasteiger partial charge in [0.2, 0.25) is 15.9 Å². The number of likely N-dealkylation sites (N-methyl/N-ethyl adjacent to an activating group) is 1. The summed E-state index contributed by atoms with van der Waals surface area (Å²) in [5.41, 5.74) is 8.51. The molecule has 12 nitrogen and oxygen atoms in total. The minimum atomic E-state index is -4.07. The monoisotopic (exact) mass is 554 g/mol. The lowest BCUT2D eigenvalue weighted by Gasteiger charge is -2.36. The maximum Gasteiger partial charge on any atom is 0.253 e. The molecule has 1 unspecified atom stereocenters. The summed E-state index contributed by atoms with van der Waals surface area (Å²) >= 11 is 0. The second-order valence-electron chi connectivity index (χ2n) is 10.6. The van der Waals surface area contributed by atoms with Crippen molar-refractivity contribution in [2.45, 2.75) is 50.7 Å². The summed E-state index contributed by atoms with van der Waals surface area (Å²) in [4.78, 5) is 35.4. The van der Waals surface area contributed by atoms with Crippen LogP contribution >= 0.6 is 0 Å². The molecule has 0 bridgehead atoms. The maximum absolute atomic E-state index is 14.1. The van der Waals surface area contributed by atoms with E-state index in [1.54, 1.807) is 23.7 Å². The number of carbonyl (C=O) groups is 2. The van der Waals surface area contributed by atoms with Crippen LogP contribution in [-0.2, 0) is 31.6 Å². The number of nitrogens with one attached hydrogen (secondary N) is 1. The first-order chi connectivity index (χ1) is 18.4. The van der Waals surface area contributed by atoms with E-state index in [2.05, 4.69) is 10.2 Å². The Hall–Kier alpha value is -3.55. The van der Waals surface area contributed by atoms with Crippen molar-refractivity contribution in [3.63, 3.8) is 0 Å². The lowest BCUT2D eigenvalue weighted by molar-refractivity contribution is -0.142. The number of anilines is 1. The highest BCUT2D eigenvalue weighted by molar-refractivity contribution is 7.89. The van der Waals surface area contributed by atoms with Crippen molar-refractivity contribution in [1.29, 1.82) is 0 Å². The fourth-order valence-corrected chi connectivity index (χ4v) is 6.11. The molecule has 0 radical (unpaired) electrons. The number of aromatic nitrogens is 3. The van der Waals surface area contributed by atoms with Gasteiger partial charge in [0, 0.05) is 44.0 Å². The highest BCUT2D eigenvalue weighted by Gasteiger charge is 2.49. The summed E-state index contributed by atoms with van der Waals surface area (Å²) in [6, 6.07) is 8.86. The van der Waals surface area contributed by atoms with Crippen molar-refractivity contribution in [2.24, 2.45) is 10.9 Å². The first-order valence-corrected chi connectivity index (χ1v) is 14.6. The third kappa shape index (κ3) is 5.09. The molecule has 3 aromatic rings. The molecule has 13 heteroatoms. The van der Waals surface area contributed by atoms with E-state index in [0.717, 1.165) is 36.5 Å². The second kappa shape index (κ2) is 9.88. The van der Waals surface area contributed by atoms with Crippen molar-refractivity contribution in [3.8, 4) is 0 Å². The Labute approximate surface area is 227 Å². The van der Waals surface area contributed by atoms with Crippen molar-refractivity contribution in [1.82, 2.24) is 24.8 Å². The number of nitrogens with zero attached hydrogens (tertiary/aromatic N) is 5. The molecular weight excluding hydrogens is 520 g/mol. The summed E-state index contributed by atoms with van der Waals surface area (Å²) in [5, 5.41) is 12.5. The van der Waals surface area contributed by atoms with Crippen LogP contribution in [0.25, 0.3) is 5.65 Å². The molecule has 0 spiro atoms. The molecular formula is C26H34N8O4S. The lowest BCUT2D eigenvalue weighted by atomic mass is 9.89. The highest BCUT2D eigenvalue weighted by Crippen LogP contribution is 2.39. The number of sulfonamides is 1. The molecule has 1 fully saturated rings. The lowest BCUT2D eigenvalue weighted by Crippen LogP contribution is -2.57. The molecule has 3 heterocycles. The minimum Gasteiger partial charge on any atom is -0.355 e. The summed E-state index contributed by atoms with van der Waals surface area (Å²) in [7, 11) is -2.42. The van der Waals surface area contributed by atoms with Crippen LogP contribution in [0.2, 0.25) is 0 Å². The van der Waals surface area contributed by atoms with E-state index < -0.39 is 33.3 Å². The van der Waals surface area contributed by atoms with Crippen LogP contribution in [0.4, 0.5) is 5.82 Å². The zero-order valence-corrected chi connectivity index (χ0v) is 23.1. The number of hydrogen-bond donors (Lipinski definition) is 3. The van der Waals surface area contributed by atoms with E-state index in [1.807, 2.05) is 38.2 Å². The van der Waals surface area contributed by atoms with Gasteiger partial charge in [-0.15, -0.1) is 0 Å². The summed E-state index contributed by atoms with van der Waals surface area (Å²) in [6.07, 6.45) is 3.69. The molecule has 39 heavy (non-hydrogen) atoms. The Kier molecular flexibility index (Phi) is 6.85. The van der Waals surface area contributed by atoms with Gasteiger partial charge in [0.05, 0.1) is 11.7 Å². The second-order valence-corrected chi connectivity index (χ2v) is 12.2. The number of nitrogens with two attached hydrogens (primary N) is 2. The fourth-order valence-electron chi connectivity index (χ4n) is 5.67. The van der Waals surface area contributed by atoms with Crippen LogP contribution in [0.15, 0.2) is 36.5 Å². The number of aryl methyl sites for hydroxylation is 2. The van der Waals surface area contributed by atoms with Gasteiger partial charge < -0.3 is 20.9 Å². The van der Waals surface area contributed by atoms with Crippen molar-refractivity contribution < 1.29 is 18.0 Å². The maximum atomic E-state index is 14.1. The normalized spacial score (nSPS) is 21.7. The van der Waals surface area contributed by atoms with Gasteiger partial charge in [-0.25, -0.2) is 23.1 Å². The number of fused-ring (bicyclic) bond motifs is 2. The Morgan fingerprint density at radius 3 is 2.74 bits per heavy atom. The molecule has 208 valence electrons. The van der Waals surface area contributed by atoms with Gasteiger partial charge in [-0.2, -0.15) is 5.10 Å². The number of benzene rings is 1. The molecule has 1 aliphatic heterocycles. The molecule has 1 saturated heterocycles. The molecule has 5 rings (SSSR count). The zero-order chi connectivity index (χ0) is 28.1. The van der Waals surface area contributed by atoms with Gasteiger partial charge in [-0.3, -0.25) is 9.59 Å². The average Bonchev–Trinajstić information content (AvgIpc) is 3.58. The molecule has 2 amide bonds. The average molecular weight is 555 g/mol. The van der Waals surface area contributed by atoms with Crippen molar-refractivity contribution >= 4 is 33.3 Å². The van der Waals surface area contributed by atoms with Crippen LogP contribution in [0.1, 0.15) is 48.2 Å². The molecule has 2 aliphatic rings. The number of rotatable bonds is 7. The first-order valence-electron chi connectivity index (χ1n) is 12.9. The Morgan fingerprint density at radius 2 is 2.05 bits per heavy atom. The van der Waals surface area contributed by atoms with E-state index >= 15 is 0 Å². The van der Waals surface area contributed by atoms with Crippen LogP contribution in [0.3, 0.4) is 0 Å². The predicted octanol–water partition coefficient (Wildman–Crippen LogP) is 0.341. The number of carbonyl (C=O) groups excluding carboxylic acids is 2. The van der Waals surface area contributed by atoms with E-state index in [-0.39, 0.29) is 11.9 Å². The van der Waals surface area contributed by atoms with Crippen LogP contribution in [0, 0.1) is 6.92 Å². The van der Waals surface area contributed by atoms with Gasteiger partial charge in [-0.1, -0.05) is 24.3 Å². The van der Waals surface area contributed by atoms with Gasteiger partial charge in [-0.05, 0) is 44.2 Å². The SMILES string of the molecule is Cc1cn2nc([C@H](C)N(C)C(=O)C3(NC(=O)CS(N)(=O)=O)CCc4ccccc43)cc2nc1N1CC[C@H](N)C1. The van der Waals surface area contributed by atoms with E-state index in [0.29, 0.717) is 29.7 Å². The summed E-state index contributed by atoms with van der Waals surface area (Å²) < 4.78 is 24.9. The summed E-state index contributed by atoms with van der Waals surface area (Å²) in [6.45, 7) is 5.44. The molecule has 1 aliphatic carbocycles. The van der Waals surface area contributed by atoms with E-state index in [9.17, 15) is 18.0 Å². The predicted molar refractivity (Wildman–Crippen MR) is 146 cm³/mol. The molecule has 2 aromatic heterocycles. The van der Waals surface area contributed by atoms with Gasteiger partial charge in [0.1, 0.15) is 17.1 Å². The number of primary sulfonamides is 1.